The molecule has 0 aliphatic carbocycles. The van der Waals surface area contributed by atoms with Crippen molar-refractivity contribution in [3.8, 4) is 0 Å². The van der Waals surface area contributed by atoms with Crippen molar-refractivity contribution in [2.75, 3.05) is 26.7 Å². The monoisotopic (exact) mass is 318 g/mol. The van der Waals surface area contributed by atoms with Gasteiger partial charge in [0.2, 0.25) is 0 Å². The van der Waals surface area contributed by atoms with Crippen LogP contribution in [0.25, 0.3) is 0 Å². The van der Waals surface area contributed by atoms with E-state index < -0.39 is 0 Å². The fourth-order valence-corrected chi connectivity index (χ4v) is 4.24. The zero-order chi connectivity index (χ0) is 14.2. The summed E-state index contributed by atoms with van der Waals surface area (Å²) in [6, 6.07) is 13.6. The molecule has 0 saturated carbocycles. The van der Waals surface area contributed by atoms with Gasteiger partial charge in [0.25, 0.3) is 0 Å². The maximum Gasteiger partial charge on any atom is 0.0492 e. The summed E-state index contributed by atoms with van der Waals surface area (Å²) in [5, 5.41) is 7.13. The van der Waals surface area contributed by atoms with Gasteiger partial charge >= 0.3 is 0 Å². The fourth-order valence-electron chi connectivity index (χ4n) is 4.24. The third-order valence-electron chi connectivity index (χ3n) is 5.06. The second-order valence-corrected chi connectivity index (χ2v) is 6.49. The summed E-state index contributed by atoms with van der Waals surface area (Å²) in [6.45, 7) is 4.60. The van der Waals surface area contributed by atoms with E-state index in [0.29, 0.717) is 6.04 Å². The van der Waals surface area contributed by atoms with Crippen LogP contribution in [-0.4, -0.2) is 46.7 Å². The molecular formula is C17H23ClN4. The van der Waals surface area contributed by atoms with Crippen LogP contribution in [0.15, 0.2) is 42.6 Å². The number of nitrogens with zero attached hydrogens (tertiary/aromatic N) is 3. The average molecular weight is 319 g/mol. The molecule has 2 aliphatic heterocycles. The van der Waals surface area contributed by atoms with Crippen molar-refractivity contribution in [2.45, 2.75) is 12.6 Å². The fraction of sp³-hybridized carbons (Fsp3) is 0.471. The van der Waals surface area contributed by atoms with Gasteiger partial charge in [-0.3, -0.25) is 14.9 Å². The molecule has 1 aromatic heterocycles. The SMILES string of the molecule is CN1C[C@H]2CN(Cc3ccn[nH]3)C[C@H]2[C@@H]1c1ccccc1.Cl. The zero-order valence-corrected chi connectivity index (χ0v) is 13.7. The van der Waals surface area contributed by atoms with Crippen molar-refractivity contribution in [1.82, 2.24) is 20.0 Å². The van der Waals surface area contributed by atoms with Crippen molar-refractivity contribution in [3.05, 3.63) is 53.9 Å². The molecule has 0 spiro atoms. The standard InChI is InChI=1S/C17H22N4.ClH/c1-20-9-14-10-21(11-15-7-8-18-19-15)12-16(14)17(20)13-5-3-2-4-6-13;/h2-8,14,16-17H,9-12H2,1H3,(H,18,19);1H/t14-,16+,17-;/m0./s1. The molecule has 0 amide bonds. The quantitative estimate of drug-likeness (QED) is 0.944. The first-order chi connectivity index (χ1) is 10.3. The molecule has 1 aromatic carbocycles. The Kier molecular flexibility index (Phi) is 4.52. The predicted molar refractivity (Wildman–Crippen MR) is 89.9 cm³/mol. The Hall–Kier alpha value is -1.36. The molecule has 118 valence electrons. The molecule has 3 atom stereocenters. The second-order valence-electron chi connectivity index (χ2n) is 6.49. The molecule has 3 heterocycles. The van der Waals surface area contributed by atoms with Gasteiger partial charge in [-0.25, -0.2) is 0 Å². The van der Waals surface area contributed by atoms with Gasteiger partial charge < -0.3 is 0 Å². The van der Waals surface area contributed by atoms with E-state index >= 15 is 0 Å². The highest BCUT2D eigenvalue weighted by molar-refractivity contribution is 5.85. The summed E-state index contributed by atoms with van der Waals surface area (Å²) in [6.07, 6.45) is 1.84. The Bertz CT molecular complexity index is 586. The molecule has 4 nitrogen and oxygen atoms in total. The minimum Gasteiger partial charge on any atom is -0.299 e. The Morgan fingerprint density at radius 1 is 1.14 bits per heavy atom. The molecule has 0 bridgehead atoms. The van der Waals surface area contributed by atoms with Crippen molar-refractivity contribution >= 4 is 12.4 Å². The second kappa shape index (κ2) is 6.41. The summed E-state index contributed by atoms with van der Waals surface area (Å²) in [4.78, 5) is 5.12. The van der Waals surface area contributed by atoms with Crippen molar-refractivity contribution in [2.24, 2.45) is 11.8 Å². The largest absolute Gasteiger partial charge is 0.299 e. The van der Waals surface area contributed by atoms with Crippen LogP contribution >= 0.6 is 12.4 Å². The Morgan fingerprint density at radius 2 is 1.95 bits per heavy atom. The van der Waals surface area contributed by atoms with Crippen LogP contribution < -0.4 is 0 Å². The number of H-pyrrole nitrogens is 1. The third-order valence-corrected chi connectivity index (χ3v) is 5.06. The van der Waals surface area contributed by atoms with Crippen molar-refractivity contribution in [1.29, 1.82) is 0 Å². The van der Waals surface area contributed by atoms with Crippen LogP contribution in [-0.2, 0) is 6.54 Å². The lowest BCUT2D eigenvalue weighted by Crippen LogP contribution is -2.29. The van der Waals surface area contributed by atoms with Crippen molar-refractivity contribution < 1.29 is 0 Å². The number of hydrogen-bond acceptors (Lipinski definition) is 3. The van der Waals surface area contributed by atoms with E-state index in [1.165, 1.54) is 30.9 Å². The van der Waals surface area contributed by atoms with Crippen LogP contribution in [0.3, 0.4) is 0 Å². The summed E-state index contributed by atoms with van der Waals surface area (Å²) in [5.74, 6) is 1.54. The average Bonchev–Trinajstić information content (AvgIpc) is 3.17. The summed E-state index contributed by atoms with van der Waals surface area (Å²) >= 11 is 0. The minimum absolute atomic E-state index is 0. The maximum absolute atomic E-state index is 4.05. The molecular weight excluding hydrogens is 296 g/mol. The van der Waals surface area contributed by atoms with E-state index in [4.69, 9.17) is 0 Å². The normalized spacial score (nSPS) is 28.5. The first-order valence-electron chi connectivity index (χ1n) is 7.77. The molecule has 5 heteroatoms. The van der Waals surface area contributed by atoms with E-state index in [2.05, 4.69) is 63.4 Å². The smallest absolute Gasteiger partial charge is 0.0492 e. The highest BCUT2D eigenvalue weighted by Crippen LogP contribution is 2.44. The lowest BCUT2D eigenvalue weighted by atomic mass is 9.90. The Labute approximate surface area is 137 Å². The molecule has 2 aliphatic rings. The Balaban J connectivity index is 0.00000144. The highest BCUT2D eigenvalue weighted by Gasteiger charge is 2.45. The van der Waals surface area contributed by atoms with Gasteiger partial charge in [0.1, 0.15) is 0 Å². The van der Waals surface area contributed by atoms with Gasteiger partial charge in [0.05, 0.1) is 0 Å². The number of fused-ring (bicyclic) bond motifs is 1. The molecule has 4 rings (SSSR count). The first-order valence-corrected chi connectivity index (χ1v) is 7.77. The first kappa shape index (κ1) is 15.5. The molecule has 0 unspecified atom stereocenters. The minimum atomic E-state index is 0. The lowest BCUT2D eigenvalue weighted by molar-refractivity contribution is 0.223. The summed E-state index contributed by atoms with van der Waals surface area (Å²) in [7, 11) is 2.27. The molecule has 2 fully saturated rings. The topological polar surface area (TPSA) is 35.2 Å². The molecule has 22 heavy (non-hydrogen) atoms. The number of hydrogen-bond donors (Lipinski definition) is 1. The number of likely N-dealkylation sites (tertiary alicyclic amines) is 2. The van der Waals surface area contributed by atoms with Gasteiger partial charge in [-0.2, -0.15) is 5.10 Å². The van der Waals surface area contributed by atoms with E-state index in [1.54, 1.807) is 0 Å². The van der Waals surface area contributed by atoms with E-state index in [-0.39, 0.29) is 12.4 Å². The summed E-state index contributed by atoms with van der Waals surface area (Å²) < 4.78 is 0. The van der Waals surface area contributed by atoms with Gasteiger partial charge in [0, 0.05) is 44.1 Å². The predicted octanol–water partition coefficient (Wildman–Crippen LogP) is 2.57. The number of halogens is 1. The number of aromatic amines is 1. The van der Waals surface area contributed by atoms with Crippen LogP contribution in [0.4, 0.5) is 0 Å². The molecule has 1 N–H and O–H groups in total. The van der Waals surface area contributed by atoms with Crippen LogP contribution in [0, 0.1) is 11.8 Å². The molecule has 0 radical (unpaired) electrons. The van der Waals surface area contributed by atoms with Crippen LogP contribution in [0.2, 0.25) is 0 Å². The molecule has 2 aromatic rings. The van der Waals surface area contributed by atoms with E-state index in [0.717, 1.165) is 18.4 Å². The zero-order valence-electron chi connectivity index (χ0n) is 12.9. The van der Waals surface area contributed by atoms with Crippen molar-refractivity contribution in [3.63, 3.8) is 0 Å². The van der Waals surface area contributed by atoms with Gasteiger partial charge in [-0.1, -0.05) is 30.3 Å². The van der Waals surface area contributed by atoms with Gasteiger partial charge in [0.15, 0.2) is 0 Å². The van der Waals surface area contributed by atoms with Gasteiger partial charge in [-0.05, 0) is 30.5 Å². The van der Waals surface area contributed by atoms with Gasteiger partial charge in [-0.15, -0.1) is 12.4 Å². The third kappa shape index (κ3) is 2.78. The summed E-state index contributed by atoms with van der Waals surface area (Å²) in [5.41, 5.74) is 2.69. The number of nitrogens with one attached hydrogen (secondary N) is 1. The van der Waals surface area contributed by atoms with E-state index in [9.17, 15) is 0 Å². The number of benzene rings is 1. The maximum atomic E-state index is 4.05. The van der Waals surface area contributed by atoms with Crippen LogP contribution in [0.1, 0.15) is 17.3 Å². The van der Waals surface area contributed by atoms with E-state index in [1.807, 2.05) is 6.20 Å². The Morgan fingerprint density at radius 3 is 2.68 bits per heavy atom. The van der Waals surface area contributed by atoms with Crippen LogP contribution in [0.5, 0.6) is 0 Å². The highest BCUT2D eigenvalue weighted by atomic mass is 35.5. The lowest BCUT2D eigenvalue weighted by Gasteiger charge is -2.26. The number of rotatable bonds is 3. The molecule has 2 saturated heterocycles. The number of aromatic nitrogens is 2.